The van der Waals surface area contributed by atoms with Gasteiger partial charge in [0.2, 0.25) is 5.91 Å². The van der Waals surface area contributed by atoms with E-state index in [1.807, 2.05) is 26.8 Å². The zero-order valence-corrected chi connectivity index (χ0v) is 11.7. The molecule has 0 aromatic carbocycles. The average Bonchev–Trinajstić information content (AvgIpc) is 2.69. The summed E-state index contributed by atoms with van der Waals surface area (Å²) in [7, 11) is 0. The number of rotatable bonds is 5. The van der Waals surface area contributed by atoms with Crippen molar-refractivity contribution in [3.63, 3.8) is 0 Å². The van der Waals surface area contributed by atoms with Gasteiger partial charge < -0.3 is 20.7 Å². The highest BCUT2D eigenvalue weighted by Gasteiger charge is 2.24. The normalized spacial score (nSPS) is 15.1. The van der Waals surface area contributed by atoms with Crippen LogP contribution in [0.2, 0.25) is 0 Å². The molecule has 0 radical (unpaired) electrons. The highest BCUT2D eigenvalue weighted by Crippen LogP contribution is 2.21. The van der Waals surface area contributed by atoms with Gasteiger partial charge in [-0.2, -0.15) is 0 Å². The summed E-state index contributed by atoms with van der Waals surface area (Å²) in [5.74, 6) is 0.621. The van der Waals surface area contributed by atoms with Crippen molar-refractivity contribution in [3.8, 4) is 0 Å². The molecule has 1 rings (SSSR count). The maximum absolute atomic E-state index is 12.1. The fourth-order valence-electron chi connectivity index (χ4n) is 2.07. The van der Waals surface area contributed by atoms with E-state index >= 15 is 0 Å². The quantitative estimate of drug-likeness (QED) is 0.328. The lowest BCUT2D eigenvalue weighted by atomic mass is 10.0. The van der Waals surface area contributed by atoms with E-state index in [1.165, 1.54) is 0 Å². The largest absolute Gasteiger partial charge is 0.466 e. The summed E-state index contributed by atoms with van der Waals surface area (Å²) >= 11 is 0. The number of oxime groups is 1. The number of aryl methyl sites for hydroxylation is 2. The molecule has 106 valence electrons. The predicted octanol–water partition coefficient (Wildman–Crippen LogP) is 1.85. The van der Waals surface area contributed by atoms with Gasteiger partial charge in [0.1, 0.15) is 11.5 Å². The number of nitrogens with zero attached hydrogens (tertiary/aromatic N) is 1. The lowest BCUT2D eigenvalue weighted by molar-refractivity contribution is -0.123. The SMILES string of the molecule is CCC(C(=O)NC(C)c1cc(C)oc1C)C(N)=NO. The summed E-state index contributed by atoms with van der Waals surface area (Å²) in [4.78, 5) is 12.1. The van der Waals surface area contributed by atoms with Crippen LogP contribution in [0.15, 0.2) is 15.6 Å². The Hall–Kier alpha value is -1.98. The maximum atomic E-state index is 12.1. The van der Waals surface area contributed by atoms with Gasteiger partial charge in [-0.15, -0.1) is 0 Å². The van der Waals surface area contributed by atoms with Crippen molar-refractivity contribution >= 4 is 11.7 Å². The Balaban J connectivity index is 2.79. The number of nitrogens with one attached hydrogen (secondary N) is 1. The summed E-state index contributed by atoms with van der Waals surface area (Å²) in [6.07, 6.45) is 0.470. The van der Waals surface area contributed by atoms with Crippen molar-refractivity contribution in [1.82, 2.24) is 5.32 Å². The molecular formula is C13H21N3O3. The standard InChI is InChI=1S/C13H21N3O3/c1-5-10(12(14)16-18)13(17)15-8(3)11-6-7(2)19-9(11)4/h6,8,10,18H,5H2,1-4H3,(H2,14,16)(H,15,17). The highest BCUT2D eigenvalue weighted by molar-refractivity contribution is 6.02. The van der Waals surface area contributed by atoms with Gasteiger partial charge in [-0.25, -0.2) is 0 Å². The Bertz CT molecular complexity index is 479. The van der Waals surface area contributed by atoms with E-state index in [2.05, 4.69) is 10.5 Å². The van der Waals surface area contributed by atoms with Gasteiger partial charge in [0.15, 0.2) is 5.84 Å². The molecule has 1 heterocycles. The van der Waals surface area contributed by atoms with Crippen LogP contribution in [0.5, 0.6) is 0 Å². The third-order valence-electron chi connectivity index (χ3n) is 3.10. The van der Waals surface area contributed by atoms with Crippen molar-refractivity contribution in [2.75, 3.05) is 0 Å². The molecule has 4 N–H and O–H groups in total. The Morgan fingerprint density at radius 3 is 2.63 bits per heavy atom. The molecule has 0 aliphatic heterocycles. The van der Waals surface area contributed by atoms with Crippen LogP contribution >= 0.6 is 0 Å². The molecule has 2 unspecified atom stereocenters. The van der Waals surface area contributed by atoms with E-state index in [0.717, 1.165) is 17.1 Å². The zero-order chi connectivity index (χ0) is 14.6. The topological polar surface area (TPSA) is 101 Å². The van der Waals surface area contributed by atoms with Crippen molar-refractivity contribution in [2.45, 2.75) is 40.2 Å². The molecule has 2 atom stereocenters. The van der Waals surface area contributed by atoms with E-state index in [0.29, 0.717) is 6.42 Å². The minimum absolute atomic E-state index is 0.0766. The molecule has 1 aromatic rings. The number of carbonyl (C=O) groups is 1. The molecule has 0 aliphatic carbocycles. The van der Waals surface area contributed by atoms with Gasteiger partial charge >= 0.3 is 0 Å². The molecule has 0 aliphatic rings. The number of amides is 1. The number of nitrogens with two attached hydrogens (primary N) is 1. The fourth-order valence-corrected chi connectivity index (χ4v) is 2.07. The van der Waals surface area contributed by atoms with Crippen LogP contribution in [0, 0.1) is 19.8 Å². The number of carbonyl (C=O) groups excluding carboxylic acids is 1. The zero-order valence-electron chi connectivity index (χ0n) is 11.7. The average molecular weight is 267 g/mol. The number of hydrogen-bond donors (Lipinski definition) is 3. The smallest absolute Gasteiger partial charge is 0.231 e. The monoisotopic (exact) mass is 267 g/mol. The summed E-state index contributed by atoms with van der Waals surface area (Å²) in [6, 6.07) is 1.70. The number of hydrogen-bond acceptors (Lipinski definition) is 4. The fraction of sp³-hybridized carbons (Fsp3) is 0.538. The van der Waals surface area contributed by atoms with Crippen molar-refractivity contribution in [3.05, 3.63) is 23.2 Å². The van der Waals surface area contributed by atoms with Gasteiger partial charge in [-0.3, -0.25) is 4.79 Å². The molecule has 0 spiro atoms. The minimum atomic E-state index is -0.624. The summed E-state index contributed by atoms with van der Waals surface area (Å²) in [5, 5.41) is 14.4. The molecule has 0 bridgehead atoms. The molecule has 1 aromatic heterocycles. The van der Waals surface area contributed by atoms with Crippen LogP contribution in [-0.4, -0.2) is 17.0 Å². The van der Waals surface area contributed by atoms with Crippen molar-refractivity contribution in [2.24, 2.45) is 16.8 Å². The van der Waals surface area contributed by atoms with Gasteiger partial charge in [-0.05, 0) is 33.3 Å². The highest BCUT2D eigenvalue weighted by atomic mass is 16.4. The molecule has 0 fully saturated rings. The third kappa shape index (κ3) is 3.49. The van der Waals surface area contributed by atoms with Crippen LogP contribution in [0.25, 0.3) is 0 Å². The Kier molecular flexibility index (Phi) is 4.97. The van der Waals surface area contributed by atoms with Gasteiger partial charge in [0, 0.05) is 5.56 Å². The van der Waals surface area contributed by atoms with E-state index in [-0.39, 0.29) is 17.8 Å². The van der Waals surface area contributed by atoms with Gasteiger partial charge in [0.25, 0.3) is 0 Å². The van der Waals surface area contributed by atoms with Crippen LogP contribution < -0.4 is 11.1 Å². The maximum Gasteiger partial charge on any atom is 0.231 e. The molecule has 6 nitrogen and oxygen atoms in total. The first-order valence-electron chi connectivity index (χ1n) is 6.25. The number of amidine groups is 1. The molecule has 6 heteroatoms. The lowest BCUT2D eigenvalue weighted by Crippen LogP contribution is -2.39. The summed E-state index contributed by atoms with van der Waals surface area (Å²) < 4.78 is 5.43. The second-order valence-corrected chi connectivity index (χ2v) is 4.58. The lowest BCUT2D eigenvalue weighted by Gasteiger charge is -2.18. The minimum Gasteiger partial charge on any atom is -0.466 e. The van der Waals surface area contributed by atoms with Crippen LogP contribution in [0.3, 0.4) is 0 Å². The first-order valence-corrected chi connectivity index (χ1v) is 6.25. The van der Waals surface area contributed by atoms with Crippen molar-refractivity contribution < 1.29 is 14.4 Å². The van der Waals surface area contributed by atoms with Crippen LogP contribution in [0.4, 0.5) is 0 Å². The molecule has 0 saturated carbocycles. The molecular weight excluding hydrogens is 246 g/mol. The van der Waals surface area contributed by atoms with E-state index in [9.17, 15) is 4.79 Å². The van der Waals surface area contributed by atoms with Crippen molar-refractivity contribution in [1.29, 1.82) is 0 Å². The van der Waals surface area contributed by atoms with Gasteiger partial charge in [-0.1, -0.05) is 12.1 Å². The Labute approximate surface area is 112 Å². The van der Waals surface area contributed by atoms with E-state index in [1.54, 1.807) is 6.92 Å². The Morgan fingerprint density at radius 1 is 1.58 bits per heavy atom. The van der Waals surface area contributed by atoms with E-state index in [4.69, 9.17) is 15.4 Å². The summed E-state index contributed by atoms with van der Waals surface area (Å²) in [5.41, 5.74) is 6.43. The van der Waals surface area contributed by atoms with Gasteiger partial charge in [0.05, 0.1) is 12.0 Å². The predicted molar refractivity (Wildman–Crippen MR) is 71.9 cm³/mol. The second-order valence-electron chi connectivity index (χ2n) is 4.58. The second kappa shape index (κ2) is 6.26. The van der Waals surface area contributed by atoms with Crippen LogP contribution in [-0.2, 0) is 4.79 Å². The Morgan fingerprint density at radius 2 is 2.21 bits per heavy atom. The molecule has 1 amide bonds. The molecule has 0 saturated heterocycles. The number of furan rings is 1. The molecule has 19 heavy (non-hydrogen) atoms. The third-order valence-corrected chi connectivity index (χ3v) is 3.10. The van der Waals surface area contributed by atoms with Crippen LogP contribution in [0.1, 0.15) is 43.4 Å². The first kappa shape index (κ1) is 15.1. The van der Waals surface area contributed by atoms with E-state index < -0.39 is 5.92 Å². The first-order chi connectivity index (χ1) is 8.90. The summed E-state index contributed by atoms with van der Waals surface area (Å²) in [6.45, 7) is 7.39.